The zero-order valence-electron chi connectivity index (χ0n) is 14.9. The highest BCUT2D eigenvalue weighted by Gasteiger charge is 2.07. The van der Waals surface area contributed by atoms with Crippen LogP contribution in [0.25, 0.3) is 23.1 Å². The highest BCUT2D eigenvalue weighted by Crippen LogP contribution is 2.27. The first-order valence-corrected chi connectivity index (χ1v) is 8.09. The maximum atomic E-state index is 11.3. The number of esters is 1. The molecule has 0 saturated heterocycles. The summed E-state index contributed by atoms with van der Waals surface area (Å²) in [6.07, 6.45) is 3.78. The number of rotatable bonds is 5. The number of nitrogens with zero attached hydrogens (tertiary/aromatic N) is 1. The Morgan fingerprint density at radius 1 is 0.962 bits per heavy atom. The second kappa shape index (κ2) is 7.70. The van der Waals surface area contributed by atoms with Crippen LogP contribution in [-0.4, -0.2) is 25.2 Å². The first-order valence-electron chi connectivity index (χ1n) is 8.09. The van der Waals surface area contributed by atoms with Crippen LogP contribution in [0.2, 0.25) is 0 Å². The monoisotopic (exact) mass is 349 g/mol. The summed E-state index contributed by atoms with van der Waals surface area (Å²) in [6.45, 7) is 1.37. The minimum atomic E-state index is -0.374. The third-order valence-corrected chi connectivity index (χ3v) is 3.83. The van der Waals surface area contributed by atoms with E-state index < -0.39 is 0 Å². The maximum absolute atomic E-state index is 11.3. The van der Waals surface area contributed by atoms with Gasteiger partial charge in [0.2, 0.25) is 0 Å². The van der Waals surface area contributed by atoms with Crippen LogP contribution in [0.1, 0.15) is 18.2 Å². The van der Waals surface area contributed by atoms with Crippen molar-refractivity contribution in [1.82, 2.24) is 4.98 Å². The van der Waals surface area contributed by atoms with E-state index in [0.717, 1.165) is 28.1 Å². The summed E-state index contributed by atoms with van der Waals surface area (Å²) in [4.78, 5) is 15.9. The van der Waals surface area contributed by atoms with Crippen LogP contribution < -0.4 is 14.2 Å². The van der Waals surface area contributed by atoms with Crippen LogP contribution in [0.5, 0.6) is 17.2 Å². The van der Waals surface area contributed by atoms with E-state index in [9.17, 15) is 4.79 Å². The Morgan fingerprint density at radius 2 is 1.81 bits per heavy atom. The number of benzene rings is 2. The lowest BCUT2D eigenvalue weighted by molar-refractivity contribution is -0.131. The molecule has 3 aromatic rings. The second-order valence-corrected chi connectivity index (χ2v) is 5.60. The fourth-order valence-electron chi connectivity index (χ4n) is 2.61. The number of ether oxygens (including phenoxy) is 3. The Balaban J connectivity index is 1.99. The topological polar surface area (TPSA) is 57.7 Å². The van der Waals surface area contributed by atoms with Crippen molar-refractivity contribution in [3.63, 3.8) is 0 Å². The highest BCUT2D eigenvalue weighted by atomic mass is 16.5. The molecule has 0 N–H and O–H groups in total. The zero-order chi connectivity index (χ0) is 18.5. The van der Waals surface area contributed by atoms with Crippen molar-refractivity contribution >= 4 is 29.0 Å². The average Bonchev–Trinajstić information content (AvgIpc) is 2.66. The highest BCUT2D eigenvalue weighted by molar-refractivity contribution is 5.88. The van der Waals surface area contributed by atoms with Gasteiger partial charge in [-0.3, -0.25) is 4.79 Å². The van der Waals surface area contributed by atoms with E-state index in [4.69, 9.17) is 14.2 Å². The zero-order valence-corrected chi connectivity index (χ0v) is 14.9. The van der Waals surface area contributed by atoms with E-state index in [-0.39, 0.29) is 5.97 Å². The van der Waals surface area contributed by atoms with E-state index in [0.29, 0.717) is 11.3 Å². The smallest absolute Gasteiger partial charge is 0.308 e. The Kier molecular flexibility index (Phi) is 5.17. The molecule has 26 heavy (non-hydrogen) atoms. The number of pyridine rings is 1. The van der Waals surface area contributed by atoms with Crippen LogP contribution in [0.15, 0.2) is 48.5 Å². The SMILES string of the molecule is COc1ccc(OC)c(/C=C/c2ccc3cccc(OC(C)=O)c3n2)c1. The Bertz CT molecular complexity index is 979. The van der Waals surface area contributed by atoms with E-state index in [1.807, 2.05) is 54.6 Å². The van der Waals surface area contributed by atoms with Crippen LogP contribution in [0, 0.1) is 0 Å². The number of hydrogen-bond acceptors (Lipinski definition) is 5. The van der Waals surface area contributed by atoms with Crippen LogP contribution in [-0.2, 0) is 4.79 Å². The summed E-state index contributed by atoms with van der Waals surface area (Å²) in [5.74, 6) is 1.56. The van der Waals surface area contributed by atoms with Gasteiger partial charge in [-0.2, -0.15) is 0 Å². The molecule has 5 nitrogen and oxygen atoms in total. The molecule has 1 aromatic heterocycles. The number of fused-ring (bicyclic) bond motifs is 1. The van der Waals surface area contributed by atoms with Gasteiger partial charge in [-0.1, -0.05) is 18.2 Å². The molecule has 0 aliphatic rings. The first kappa shape index (κ1) is 17.5. The molecule has 5 heteroatoms. The number of methoxy groups -OCH3 is 2. The van der Waals surface area contributed by atoms with Gasteiger partial charge in [0.1, 0.15) is 17.0 Å². The quantitative estimate of drug-likeness (QED) is 0.506. The molecule has 0 fully saturated rings. The molecule has 2 aromatic carbocycles. The molecule has 3 rings (SSSR count). The lowest BCUT2D eigenvalue weighted by Gasteiger charge is -2.08. The molecule has 0 aliphatic heterocycles. The van der Waals surface area contributed by atoms with Crippen LogP contribution >= 0.6 is 0 Å². The van der Waals surface area contributed by atoms with Crippen molar-refractivity contribution < 1.29 is 19.0 Å². The predicted molar refractivity (Wildman–Crippen MR) is 102 cm³/mol. The molecule has 0 radical (unpaired) electrons. The molecule has 0 amide bonds. The Labute approximate surface area is 151 Å². The van der Waals surface area contributed by atoms with Crippen molar-refractivity contribution in [2.75, 3.05) is 14.2 Å². The summed E-state index contributed by atoms with van der Waals surface area (Å²) in [5.41, 5.74) is 2.26. The predicted octanol–water partition coefficient (Wildman–Crippen LogP) is 4.35. The summed E-state index contributed by atoms with van der Waals surface area (Å²) < 4.78 is 15.9. The van der Waals surface area contributed by atoms with Gasteiger partial charge in [0, 0.05) is 17.9 Å². The largest absolute Gasteiger partial charge is 0.497 e. The molecule has 0 saturated carbocycles. The molecule has 132 valence electrons. The van der Waals surface area contributed by atoms with Gasteiger partial charge in [-0.25, -0.2) is 4.98 Å². The molecule has 0 spiro atoms. The number of aromatic nitrogens is 1. The molecular weight excluding hydrogens is 330 g/mol. The van der Waals surface area contributed by atoms with Crippen molar-refractivity contribution in [2.24, 2.45) is 0 Å². The Morgan fingerprint density at radius 3 is 2.54 bits per heavy atom. The summed E-state index contributed by atoms with van der Waals surface area (Å²) in [7, 11) is 3.25. The fourth-order valence-corrected chi connectivity index (χ4v) is 2.61. The van der Waals surface area contributed by atoms with Crippen molar-refractivity contribution in [3.05, 3.63) is 59.8 Å². The van der Waals surface area contributed by atoms with Crippen molar-refractivity contribution in [1.29, 1.82) is 0 Å². The summed E-state index contributed by atoms with van der Waals surface area (Å²) >= 11 is 0. The number of hydrogen-bond donors (Lipinski definition) is 0. The van der Waals surface area contributed by atoms with Gasteiger partial charge in [-0.15, -0.1) is 0 Å². The minimum Gasteiger partial charge on any atom is -0.497 e. The number of carbonyl (C=O) groups is 1. The summed E-state index contributed by atoms with van der Waals surface area (Å²) in [5, 5.41) is 0.903. The number of carbonyl (C=O) groups excluding carboxylic acids is 1. The van der Waals surface area contributed by atoms with Gasteiger partial charge in [0.15, 0.2) is 5.75 Å². The lowest BCUT2D eigenvalue weighted by Crippen LogP contribution is -2.02. The van der Waals surface area contributed by atoms with Gasteiger partial charge in [0.05, 0.1) is 19.9 Å². The summed E-state index contributed by atoms with van der Waals surface area (Å²) in [6, 6.07) is 14.9. The van der Waals surface area contributed by atoms with E-state index in [1.165, 1.54) is 6.92 Å². The average molecular weight is 349 g/mol. The van der Waals surface area contributed by atoms with Gasteiger partial charge < -0.3 is 14.2 Å². The Hall–Kier alpha value is -3.34. The second-order valence-electron chi connectivity index (χ2n) is 5.60. The number of para-hydroxylation sites is 1. The standard InChI is InChI=1S/C21H19NO4/c1-14(23)26-20-6-4-5-15-7-9-17(22-21(15)20)10-8-16-13-18(24-2)11-12-19(16)25-3/h4-13H,1-3H3/b10-8+. The van der Waals surface area contributed by atoms with E-state index >= 15 is 0 Å². The normalized spacial score (nSPS) is 10.9. The molecule has 1 heterocycles. The molecule has 0 bridgehead atoms. The molecular formula is C21H19NO4. The fraction of sp³-hybridized carbons (Fsp3) is 0.143. The first-order chi connectivity index (χ1) is 12.6. The van der Waals surface area contributed by atoms with Gasteiger partial charge in [0.25, 0.3) is 0 Å². The maximum Gasteiger partial charge on any atom is 0.308 e. The lowest BCUT2D eigenvalue weighted by atomic mass is 10.1. The molecule has 0 atom stereocenters. The van der Waals surface area contributed by atoms with Gasteiger partial charge in [-0.05, 0) is 42.5 Å². The minimum absolute atomic E-state index is 0.374. The van der Waals surface area contributed by atoms with Crippen LogP contribution in [0.3, 0.4) is 0 Å². The molecule has 0 aliphatic carbocycles. The van der Waals surface area contributed by atoms with E-state index in [2.05, 4.69) is 4.98 Å². The molecule has 0 unspecified atom stereocenters. The third kappa shape index (κ3) is 3.83. The van der Waals surface area contributed by atoms with Crippen LogP contribution in [0.4, 0.5) is 0 Å². The van der Waals surface area contributed by atoms with Crippen molar-refractivity contribution in [3.8, 4) is 17.2 Å². The van der Waals surface area contributed by atoms with Gasteiger partial charge >= 0.3 is 5.97 Å². The third-order valence-electron chi connectivity index (χ3n) is 3.83. The van der Waals surface area contributed by atoms with Crippen molar-refractivity contribution in [2.45, 2.75) is 6.92 Å². The van der Waals surface area contributed by atoms with E-state index in [1.54, 1.807) is 20.3 Å².